The number of aromatic amines is 1. The normalized spacial score (nSPS) is 14.0. The molecular formula is C17H19N5O2. The van der Waals surface area contributed by atoms with Crippen molar-refractivity contribution in [3.8, 4) is 5.75 Å². The van der Waals surface area contributed by atoms with Crippen molar-refractivity contribution >= 4 is 22.8 Å². The number of amides is 1. The fraction of sp³-hybridized carbons (Fsp3) is 0.353. The highest BCUT2D eigenvalue weighted by Gasteiger charge is 2.27. The molecule has 2 N–H and O–H groups in total. The predicted octanol–water partition coefficient (Wildman–Crippen LogP) is 2.67. The molecule has 1 aliphatic carbocycles. The highest BCUT2D eigenvalue weighted by atomic mass is 16.5. The zero-order valence-corrected chi connectivity index (χ0v) is 13.5. The van der Waals surface area contributed by atoms with E-state index in [1.165, 1.54) is 0 Å². The molecule has 0 aliphatic heterocycles. The van der Waals surface area contributed by atoms with Crippen LogP contribution in [0.15, 0.2) is 30.5 Å². The first kappa shape index (κ1) is 14.7. The number of carbonyl (C=O) groups excluding carboxylic acids is 1. The summed E-state index contributed by atoms with van der Waals surface area (Å²) in [6.45, 7) is 0.586. The van der Waals surface area contributed by atoms with Crippen LogP contribution in [0.1, 0.15) is 31.0 Å². The maximum absolute atomic E-state index is 12.1. The largest absolute Gasteiger partial charge is 0.496 e. The van der Waals surface area contributed by atoms with Crippen molar-refractivity contribution in [3.63, 3.8) is 0 Å². The summed E-state index contributed by atoms with van der Waals surface area (Å²) in [6, 6.07) is 7.90. The Balaban J connectivity index is 1.39. The summed E-state index contributed by atoms with van der Waals surface area (Å²) < 4.78 is 7.41. The lowest BCUT2D eigenvalue weighted by molar-refractivity contribution is -0.116. The number of anilines is 1. The van der Waals surface area contributed by atoms with Crippen LogP contribution in [0.25, 0.3) is 10.9 Å². The van der Waals surface area contributed by atoms with Gasteiger partial charge in [0.1, 0.15) is 11.6 Å². The lowest BCUT2D eigenvalue weighted by Gasteiger charge is -2.06. The fourth-order valence-electron chi connectivity index (χ4n) is 2.85. The summed E-state index contributed by atoms with van der Waals surface area (Å²) in [5, 5.41) is 10.7. The van der Waals surface area contributed by atoms with E-state index >= 15 is 0 Å². The lowest BCUT2D eigenvalue weighted by Crippen LogP contribution is -2.15. The number of nitrogens with zero attached hydrogens (tertiary/aromatic N) is 3. The van der Waals surface area contributed by atoms with Gasteiger partial charge in [-0.15, -0.1) is 5.10 Å². The SMILES string of the molecule is COc1cccc2c1ccn2CCC(=O)Nc1n[nH]c(C2CC2)n1. The Hall–Kier alpha value is -2.83. The van der Waals surface area contributed by atoms with Crippen LogP contribution in [0.4, 0.5) is 5.95 Å². The van der Waals surface area contributed by atoms with E-state index in [1.54, 1.807) is 7.11 Å². The molecule has 3 aromatic rings. The second kappa shape index (κ2) is 5.99. The summed E-state index contributed by atoms with van der Waals surface area (Å²) in [5.74, 6) is 2.46. The van der Waals surface area contributed by atoms with Crippen LogP contribution in [0.2, 0.25) is 0 Å². The molecule has 4 rings (SSSR count). The first-order valence-electron chi connectivity index (χ1n) is 8.08. The molecule has 124 valence electrons. The van der Waals surface area contributed by atoms with Crippen molar-refractivity contribution in [1.82, 2.24) is 19.7 Å². The van der Waals surface area contributed by atoms with E-state index in [4.69, 9.17) is 4.74 Å². The first-order chi connectivity index (χ1) is 11.7. The highest BCUT2D eigenvalue weighted by Crippen LogP contribution is 2.38. The molecule has 24 heavy (non-hydrogen) atoms. The molecule has 7 nitrogen and oxygen atoms in total. The Morgan fingerprint density at radius 2 is 2.29 bits per heavy atom. The van der Waals surface area contributed by atoms with E-state index in [1.807, 2.05) is 35.0 Å². The molecule has 0 unspecified atom stereocenters. The van der Waals surface area contributed by atoms with E-state index in [9.17, 15) is 4.79 Å². The number of ether oxygens (including phenoxy) is 1. The van der Waals surface area contributed by atoms with Crippen LogP contribution >= 0.6 is 0 Å². The van der Waals surface area contributed by atoms with E-state index in [2.05, 4.69) is 20.5 Å². The van der Waals surface area contributed by atoms with Gasteiger partial charge in [0.25, 0.3) is 0 Å². The fourth-order valence-corrected chi connectivity index (χ4v) is 2.85. The van der Waals surface area contributed by atoms with E-state index < -0.39 is 0 Å². The number of aromatic nitrogens is 4. The maximum Gasteiger partial charge on any atom is 0.248 e. The molecule has 1 aliphatic rings. The Labute approximate surface area is 139 Å². The number of fused-ring (bicyclic) bond motifs is 1. The van der Waals surface area contributed by atoms with Crippen molar-refractivity contribution in [2.45, 2.75) is 31.7 Å². The van der Waals surface area contributed by atoms with Crippen LogP contribution in [-0.2, 0) is 11.3 Å². The molecule has 1 saturated carbocycles. The number of methoxy groups -OCH3 is 1. The minimum absolute atomic E-state index is 0.0962. The summed E-state index contributed by atoms with van der Waals surface area (Å²) in [6.07, 6.45) is 4.62. The number of nitrogens with one attached hydrogen (secondary N) is 2. The Morgan fingerprint density at radius 1 is 1.42 bits per heavy atom. The van der Waals surface area contributed by atoms with Crippen molar-refractivity contribution in [2.24, 2.45) is 0 Å². The van der Waals surface area contributed by atoms with Crippen molar-refractivity contribution in [3.05, 3.63) is 36.3 Å². The van der Waals surface area contributed by atoms with Gasteiger partial charge in [-0.05, 0) is 31.0 Å². The van der Waals surface area contributed by atoms with Crippen LogP contribution in [0.5, 0.6) is 5.75 Å². The van der Waals surface area contributed by atoms with Gasteiger partial charge in [0.2, 0.25) is 11.9 Å². The Bertz CT molecular complexity index is 878. The van der Waals surface area contributed by atoms with Gasteiger partial charge >= 0.3 is 0 Å². The number of H-pyrrole nitrogens is 1. The number of benzene rings is 1. The van der Waals surface area contributed by atoms with Crippen molar-refractivity contribution < 1.29 is 9.53 Å². The summed E-state index contributed by atoms with van der Waals surface area (Å²) in [4.78, 5) is 16.4. The van der Waals surface area contributed by atoms with Gasteiger partial charge in [0, 0.05) is 30.5 Å². The summed E-state index contributed by atoms with van der Waals surface area (Å²) >= 11 is 0. The van der Waals surface area contributed by atoms with E-state index in [0.29, 0.717) is 24.8 Å². The average molecular weight is 325 g/mol. The molecule has 0 atom stereocenters. The summed E-state index contributed by atoms with van der Waals surface area (Å²) in [7, 11) is 1.66. The molecular weight excluding hydrogens is 306 g/mol. The van der Waals surface area contributed by atoms with Gasteiger partial charge in [-0.2, -0.15) is 4.98 Å². The number of aryl methyl sites for hydroxylation is 1. The molecule has 0 spiro atoms. The lowest BCUT2D eigenvalue weighted by atomic mass is 10.2. The zero-order chi connectivity index (χ0) is 16.5. The van der Waals surface area contributed by atoms with Crippen LogP contribution < -0.4 is 10.1 Å². The van der Waals surface area contributed by atoms with E-state index in [0.717, 1.165) is 35.3 Å². The third kappa shape index (κ3) is 2.84. The Morgan fingerprint density at radius 3 is 3.08 bits per heavy atom. The summed E-state index contributed by atoms with van der Waals surface area (Å²) in [5.41, 5.74) is 1.05. The van der Waals surface area contributed by atoms with Gasteiger partial charge in [0.05, 0.1) is 12.6 Å². The quantitative estimate of drug-likeness (QED) is 0.730. The van der Waals surface area contributed by atoms with Crippen LogP contribution in [-0.4, -0.2) is 32.8 Å². The Kier molecular flexibility index (Phi) is 3.68. The van der Waals surface area contributed by atoms with Gasteiger partial charge < -0.3 is 9.30 Å². The number of rotatable bonds is 6. The van der Waals surface area contributed by atoms with Crippen LogP contribution in [0, 0.1) is 0 Å². The van der Waals surface area contributed by atoms with Gasteiger partial charge in [0.15, 0.2) is 0 Å². The average Bonchev–Trinajstić information content (AvgIpc) is 3.20. The number of hydrogen-bond donors (Lipinski definition) is 2. The second-order valence-electron chi connectivity index (χ2n) is 6.02. The molecule has 0 radical (unpaired) electrons. The molecule has 0 bridgehead atoms. The molecule has 1 aromatic carbocycles. The molecule has 2 heterocycles. The minimum Gasteiger partial charge on any atom is -0.496 e. The molecule has 1 amide bonds. The minimum atomic E-state index is -0.0962. The predicted molar refractivity (Wildman–Crippen MR) is 90.1 cm³/mol. The number of hydrogen-bond acceptors (Lipinski definition) is 4. The molecule has 2 aromatic heterocycles. The highest BCUT2D eigenvalue weighted by molar-refractivity contribution is 5.89. The van der Waals surface area contributed by atoms with E-state index in [-0.39, 0.29) is 5.91 Å². The second-order valence-corrected chi connectivity index (χ2v) is 6.02. The third-order valence-corrected chi connectivity index (χ3v) is 4.29. The molecule has 7 heteroatoms. The van der Waals surface area contributed by atoms with Gasteiger partial charge in [-0.1, -0.05) is 6.07 Å². The zero-order valence-electron chi connectivity index (χ0n) is 13.5. The maximum atomic E-state index is 12.1. The smallest absolute Gasteiger partial charge is 0.248 e. The topological polar surface area (TPSA) is 84.8 Å². The first-order valence-corrected chi connectivity index (χ1v) is 8.08. The van der Waals surface area contributed by atoms with Gasteiger partial charge in [-0.25, -0.2) is 0 Å². The molecule has 1 fully saturated rings. The number of carbonyl (C=O) groups is 1. The van der Waals surface area contributed by atoms with Crippen LogP contribution in [0.3, 0.4) is 0 Å². The van der Waals surface area contributed by atoms with Crippen molar-refractivity contribution in [1.29, 1.82) is 0 Å². The van der Waals surface area contributed by atoms with Gasteiger partial charge in [-0.3, -0.25) is 15.2 Å². The third-order valence-electron chi connectivity index (χ3n) is 4.29. The molecule has 0 saturated heterocycles. The monoisotopic (exact) mass is 325 g/mol. The standard InChI is InChI=1S/C17H19N5O2/c1-24-14-4-2-3-13-12(14)7-9-22(13)10-8-15(23)18-17-19-16(20-21-17)11-5-6-11/h2-4,7,9,11H,5-6,8,10H2,1H3,(H2,18,19,20,21,23). The van der Waals surface area contributed by atoms with Crippen molar-refractivity contribution in [2.75, 3.05) is 12.4 Å².